The van der Waals surface area contributed by atoms with Crippen LogP contribution in [0.2, 0.25) is 0 Å². The molecule has 1 aromatic rings. The number of nitrogen functional groups attached to an aromatic ring is 1. The highest BCUT2D eigenvalue weighted by Crippen LogP contribution is 2.25. The molecule has 0 radical (unpaired) electrons. The van der Waals surface area contributed by atoms with Gasteiger partial charge in [-0.1, -0.05) is 0 Å². The highest BCUT2D eigenvalue weighted by molar-refractivity contribution is 6.00. The number of amidine groups is 1. The van der Waals surface area contributed by atoms with Gasteiger partial charge < -0.3 is 10.6 Å². The van der Waals surface area contributed by atoms with Gasteiger partial charge in [0.25, 0.3) is 0 Å². The minimum absolute atomic E-state index is 0.113. The number of nitrogens with zero attached hydrogens (tertiary/aromatic N) is 3. The molecule has 0 atom stereocenters. The van der Waals surface area contributed by atoms with E-state index in [2.05, 4.69) is 10.00 Å². The molecule has 1 aliphatic rings. The SMILES string of the molecule is Cc1nn(C)c(N2CCCC2)c1C(=N)N. The number of nitrogens with two attached hydrogens (primary N) is 1. The Hall–Kier alpha value is -1.52. The van der Waals surface area contributed by atoms with Gasteiger partial charge in [0.15, 0.2) is 0 Å². The standard InChI is InChI=1S/C10H17N5/c1-7-8(9(11)12)10(14(2)13-7)15-5-3-4-6-15/h3-6H2,1-2H3,(H3,11,12). The smallest absolute Gasteiger partial charge is 0.137 e. The number of nitrogens with one attached hydrogen (secondary N) is 1. The normalized spacial score (nSPS) is 16.0. The first-order valence-corrected chi connectivity index (χ1v) is 5.24. The van der Waals surface area contributed by atoms with Gasteiger partial charge in [-0.2, -0.15) is 5.10 Å². The monoisotopic (exact) mass is 207 g/mol. The second kappa shape index (κ2) is 3.56. The van der Waals surface area contributed by atoms with E-state index < -0.39 is 0 Å². The number of anilines is 1. The van der Waals surface area contributed by atoms with Crippen LogP contribution in [0.1, 0.15) is 24.1 Å². The fourth-order valence-electron chi connectivity index (χ4n) is 2.25. The molecule has 1 saturated heterocycles. The maximum atomic E-state index is 7.59. The Morgan fingerprint density at radius 3 is 2.53 bits per heavy atom. The molecule has 2 heterocycles. The first kappa shape index (κ1) is 10.0. The van der Waals surface area contributed by atoms with Gasteiger partial charge in [-0.25, -0.2) is 0 Å². The van der Waals surface area contributed by atoms with Crippen molar-refractivity contribution >= 4 is 11.7 Å². The fraction of sp³-hybridized carbons (Fsp3) is 0.600. The molecule has 2 rings (SSSR count). The molecule has 0 amide bonds. The van der Waals surface area contributed by atoms with Crippen molar-refractivity contribution in [2.45, 2.75) is 19.8 Å². The molecule has 3 N–H and O–H groups in total. The van der Waals surface area contributed by atoms with E-state index in [9.17, 15) is 0 Å². The first-order valence-electron chi connectivity index (χ1n) is 5.24. The number of rotatable bonds is 2. The number of aromatic nitrogens is 2. The van der Waals surface area contributed by atoms with Gasteiger partial charge in [0.05, 0.1) is 11.3 Å². The van der Waals surface area contributed by atoms with E-state index in [4.69, 9.17) is 11.1 Å². The third kappa shape index (κ3) is 1.58. The lowest BCUT2D eigenvalue weighted by Gasteiger charge is -2.19. The molecule has 0 bridgehead atoms. The van der Waals surface area contributed by atoms with Crippen LogP contribution >= 0.6 is 0 Å². The van der Waals surface area contributed by atoms with Crippen molar-refractivity contribution in [1.82, 2.24) is 9.78 Å². The summed E-state index contributed by atoms with van der Waals surface area (Å²) in [5.74, 6) is 1.11. The van der Waals surface area contributed by atoms with Crippen molar-refractivity contribution in [1.29, 1.82) is 5.41 Å². The molecular weight excluding hydrogens is 190 g/mol. The van der Waals surface area contributed by atoms with E-state index in [1.54, 1.807) is 0 Å². The molecule has 5 heteroatoms. The minimum atomic E-state index is 0.113. The maximum absolute atomic E-state index is 7.59. The Bertz CT molecular complexity index is 387. The average Bonchev–Trinajstić information content (AvgIpc) is 2.71. The molecule has 0 unspecified atom stereocenters. The summed E-state index contributed by atoms with van der Waals surface area (Å²) in [5, 5.41) is 11.9. The predicted octanol–water partition coefficient (Wildman–Crippen LogP) is 0.613. The molecule has 1 aliphatic heterocycles. The molecular formula is C10H17N5. The number of aryl methyl sites for hydroxylation is 2. The van der Waals surface area contributed by atoms with Crippen molar-refractivity contribution in [2.24, 2.45) is 12.8 Å². The van der Waals surface area contributed by atoms with Crippen LogP contribution in [0.15, 0.2) is 0 Å². The van der Waals surface area contributed by atoms with Crippen LogP contribution in [-0.4, -0.2) is 28.7 Å². The summed E-state index contributed by atoms with van der Waals surface area (Å²) in [5.41, 5.74) is 7.23. The molecule has 0 spiro atoms. The Morgan fingerprint density at radius 2 is 2.00 bits per heavy atom. The molecule has 1 aromatic heterocycles. The van der Waals surface area contributed by atoms with Gasteiger partial charge in [0, 0.05) is 20.1 Å². The molecule has 1 fully saturated rings. The lowest BCUT2D eigenvalue weighted by molar-refractivity contribution is 0.731. The molecule has 15 heavy (non-hydrogen) atoms. The zero-order valence-electron chi connectivity index (χ0n) is 9.25. The van der Waals surface area contributed by atoms with Crippen molar-refractivity contribution in [3.63, 3.8) is 0 Å². The van der Waals surface area contributed by atoms with E-state index in [1.807, 2.05) is 18.7 Å². The predicted molar refractivity (Wildman–Crippen MR) is 60.4 cm³/mol. The highest BCUT2D eigenvalue weighted by atomic mass is 15.4. The third-order valence-electron chi connectivity index (χ3n) is 2.87. The van der Waals surface area contributed by atoms with Crippen LogP contribution in [-0.2, 0) is 7.05 Å². The second-order valence-electron chi connectivity index (χ2n) is 4.02. The van der Waals surface area contributed by atoms with Crippen molar-refractivity contribution < 1.29 is 0 Å². The fourth-order valence-corrected chi connectivity index (χ4v) is 2.25. The summed E-state index contributed by atoms with van der Waals surface area (Å²) in [6, 6.07) is 0. The van der Waals surface area contributed by atoms with E-state index in [-0.39, 0.29) is 5.84 Å². The van der Waals surface area contributed by atoms with Gasteiger partial charge in [-0.15, -0.1) is 0 Å². The quantitative estimate of drug-likeness (QED) is 0.551. The molecule has 82 valence electrons. The van der Waals surface area contributed by atoms with Crippen molar-refractivity contribution in [3.05, 3.63) is 11.3 Å². The third-order valence-corrected chi connectivity index (χ3v) is 2.87. The summed E-state index contributed by atoms with van der Waals surface area (Å²) >= 11 is 0. The second-order valence-corrected chi connectivity index (χ2v) is 4.02. The molecule has 5 nitrogen and oxygen atoms in total. The van der Waals surface area contributed by atoms with Crippen LogP contribution in [0.3, 0.4) is 0 Å². The van der Waals surface area contributed by atoms with Gasteiger partial charge in [-0.05, 0) is 19.8 Å². The van der Waals surface area contributed by atoms with Crippen LogP contribution in [0.4, 0.5) is 5.82 Å². The number of hydrogen-bond acceptors (Lipinski definition) is 3. The molecule has 0 saturated carbocycles. The zero-order chi connectivity index (χ0) is 11.0. The lowest BCUT2D eigenvalue weighted by atomic mass is 10.2. The van der Waals surface area contributed by atoms with Gasteiger partial charge >= 0.3 is 0 Å². The lowest BCUT2D eigenvalue weighted by Crippen LogP contribution is -2.24. The summed E-state index contributed by atoms with van der Waals surface area (Å²) in [4.78, 5) is 2.26. The highest BCUT2D eigenvalue weighted by Gasteiger charge is 2.23. The number of hydrogen-bond donors (Lipinski definition) is 2. The summed E-state index contributed by atoms with van der Waals surface area (Å²) in [6.45, 7) is 3.98. The van der Waals surface area contributed by atoms with Crippen LogP contribution in [0, 0.1) is 12.3 Å². The molecule has 0 aromatic carbocycles. The average molecular weight is 207 g/mol. The minimum Gasteiger partial charge on any atom is -0.384 e. The Labute approximate surface area is 89.4 Å². The van der Waals surface area contributed by atoms with E-state index >= 15 is 0 Å². The largest absolute Gasteiger partial charge is 0.384 e. The zero-order valence-corrected chi connectivity index (χ0v) is 9.25. The van der Waals surface area contributed by atoms with E-state index in [0.29, 0.717) is 0 Å². The van der Waals surface area contributed by atoms with Gasteiger partial charge in [0.1, 0.15) is 11.7 Å². The van der Waals surface area contributed by atoms with Crippen LogP contribution in [0.25, 0.3) is 0 Å². The van der Waals surface area contributed by atoms with Crippen molar-refractivity contribution in [3.8, 4) is 0 Å². The maximum Gasteiger partial charge on any atom is 0.137 e. The van der Waals surface area contributed by atoms with Gasteiger partial charge in [-0.3, -0.25) is 10.1 Å². The first-order chi connectivity index (χ1) is 7.11. The summed E-state index contributed by atoms with van der Waals surface area (Å²) in [7, 11) is 1.91. The molecule has 0 aliphatic carbocycles. The van der Waals surface area contributed by atoms with Crippen LogP contribution < -0.4 is 10.6 Å². The van der Waals surface area contributed by atoms with Crippen LogP contribution in [0.5, 0.6) is 0 Å². The van der Waals surface area contributed by atoms with E-state index in [1.165, 1.54) is 12.8 Å². The Kier molecular flexibility index (Phi) is 2.38. The topological polar surface area (TPSA) is 70.9 Å². The Morgan fingerprint density at radius 1 is 1.40 bits per heavy atom. The van der Waals surface area contributed by atoms with Crippen molar-refractivity contribution in [2.75, 3.05) is 18.0 Å². The van der Waals surface area contributed by atoms with E-state index in [0.717, 1.165) is 30.2 Å². The summed E-state index contributed by atoms with van der Waals surface area (Å²) in [6.07, 6.45) is 2.42. The summed E-state index contributed by atoms with van der Waals surface area (Å²) < 4.78 is 1.83. The van der Waals surface area contributed by atoms with Gasteiger partial charge in [0.2, 0.25) is 0 Å². The Balaban J connectivity index is 2.47.